The van der Waals surface area contributed by atoms with Crippen LogP contribution in [0.5, 0.6) is 5.75 Å². The zero-order valence-corrected chi connectivity index (χ0v) is 20.6. The van der Waals surface area contributed by atoms with E-state index < -0.39 is 0 Å². The first-order chi connectivity index (χ1) is 18.1. The van der Waals surface area contributed by atoms with Crippen molar-refractivity contribution in [3.8, 4) is 5.75 Å². The van der Waals surface area contributed by atoms with E-state index in [1.165, 1.54) is 0 Å². The second kappa shape index (κ2) is 10.1. The summed E-state index contributed by atoms with van der Waals surface area (Å²) in [5, 5.41) is 0. The van der Waals surface area contributed by atoms with Gasteiger partial charge in [-0.2, -0.15) is 0 Å². The molecule has 1 fully saturated rings. The van der Waals surface area contributed by atoms with E-state index in [2.05, 4.69) is 27.0 Å². The SMILES string of the molecule is O=C(c1cccnc1)C1CCCN(Cc2ccc3c(c2)CN(C(=O)c2cn4ccccc4n2)CCO3)C1. The van der Waals surface area contributed by atoms with Crippen LogP contribution in [0.25, 0.3) is 5.65 Å². The van der Waals surface area contributed by atoms with Gasteiger partial charge in [0.1, 0.15) is 23.7 Å². The highest BCUT2D eigenvalue weighted by molar-refractivity contribution is 5.97. The molecule has 4 aromatic rings. The second-order valence-corrected chi connectivity index (χ2v) is 9.79. The van der Waals surface area contributed by atoms with Crippen LogP contribution in [-0.4, -0.2) is 62.1 Å². The van der Waals surface area contributed by atoms with Gasteiger partial charge < -0.3 is 14.0 Å². The lowest BCUT2D eigenvalue weighted by Gasteiger charge is -2.32. The van der Waals surface area contributed by atoms with Crippen LogP contribution in [0.2, 0.25) is 0 Å². The summed E-state index contributed by atoms with van der Waals surface area (Å²) in [5.74, 6) is 0.880. The summed E-state index contributed by atoms with van der Waals surface area (Å²) in [6.07, 6.45) is 8.92. The summed E-state index contributed by atoms with van der Waals surface area (Å²) in [7, 11) is 0. The molecule has 1 aromatic carbocycles. The summed E-state index contributed by atoms with van der Waals surface area (Å²) in [5.41, 5.74) is 4.02. The Labute approximate surface area is 215 Å². The number of amides is 1. The monoisotopic (exact) mass is 495 g/mol. The molecule has 3 aromatic heterocycles. The minimum Gasteiger partial charge on any atom is -0.491 e. The van der Waals surface area contributed by atoms with Crippen LogP contribution in [0.3, 0.4) is 0 Å². The van der Waals surface area contributed by atoms with Crippen molar-refractivity contribution in [2.45, 2.75) is 25.9 Å². The van der Waals surface area contributed by atoms with Crippen LogP contribution >= 0.6 is 0 Å². The lowest BCUT2D eigenvalue weighted by atomic mass is 9.90. The molecule has 37 heavy (non-hydrogen) atoms. The Bertz CT molecular complexity index is 1400. The minimum atomic E-state index is -0.0988. The number of benzene rings is 1. The molecule has 2 aliphatic rings. The molecule has 0 N–H and O–H groups in total. The second-order valence-electron chi connectivity index (χ2n) is 9.79. The number of ketones is 1. The molecular formula is C29H29N5O3. The highest BCUT2D eigenvalue weighted by atomic mass is 16.5. The zero-order chi connectivity index (χ0) is 25.2. The highest BCUT2D eigenvalue weighted by Crippen LogP contribution is 2.27. The Morgan fingerprint density at radius 3 is 2.89 bits per heavy atom. The number of carbonyl (C=O) groups excluding carboxylic acids is 2. The van der Waals surface area contributed by atoms with E-state index >= 15 is 0 Å². The normalized spacial score (nSPS) is 18.2. The van der Waals surface area contributed by atoms with Crippen molar-refractivity contribution in [3.63, 3.8) is 0 Å². The molecule has 0 bridgehead atoms. The maximum absolute atomic E-state index is 13.3. The predicted octanol–water partition coefficient (Wildman–Crippen LogP) is 3.86. The van der Waals surface area contributed by atoms with Gasteiger partial charge in [0.25, 0.3) is 5.91 Å². The number of hydrogen-bond acceptors (Lipinski definition) is 6. The third kappa shape index (κ3) is 4.97. The number of Topliss-reactive ketones (excluding diaryl/α,β-unsaturated/α-hetero) is 1. The quantitative estimate of drug-likeness (QED) is 0.391. The van der Waals surface area contributed by atoms with Crippen molar-refractivity contribution in [3.05, 3.63) is 95.7 Å². The predicted molar refractivity (Wildman–Crippen MR) is 138 cm³/mol. The van der Waals surface area contributed by atoms with Gasteiger partial charge in [-0.05, 0) is 61.3 Å². The zero-order valence-electron chi connectivity index (χ0n) is 20.6. The van der Waals surface area contributed by atoms with Crippen LogP contribution in [-0.2, 0) is 13.1 Å². The Morgan fingerprint density at radius 1 is 1.08 bits per heavy atom. The molecule has 6 rings (SSSR count). The summed E-state index contributed by atoms with van der Waals surface area (Å²) < 4.78 is 7.84. The lowest BCUT2D eigenvalue weighted by Crippen LogP contribution is -2.38. The van der Waals surface area contributed by atoms with E-state index in [-0.39, 0.29) is 17.6 Å². The molecule has 1 saturated heterocycles. The van der Waals surface area contributed by atoms with E-state index in [1.807, 2.05) is 47.0 Å². The summed E-state index contributed by atoms with van der Waals surface area (Å²) in [6, 6.07) is 15.6. The third-order valence-electron chi connectivity index (χ3n) is 7.20. The van der Waals surface area contributed by atoms with Crippen LogP contribution in [0.4, 0.5) is 0 Å². The van der Waals surface area contributed by atoms with Crippen molar-refractivity contribution in [2.24, 2.45) is 5.92 Å². The van der Waals surface area contributed by atoms with Gasteiger partial charge in [-0.3, -0.25) is 19.5 Å². The molecule has 0 spiro atoms. The minimum absolute atomic E-state index is 0.0133. The number of nitrogens with zero attached hydrogens (tertiary/aromatic N) is 5. The Hall–Kier alpha value is -4.04. The van der Waals surface area contributed by atoms with Crippen molar-refractivity contribution in [1.29, 1.82) is 0 Å². The molecule has 8 nitrogen and oxygen atoms in total. The van der Waals surface area contributed by atoms with Crippen LogP contribution in [0, 0.1) is 5.92 Å². The number of fused-ring (bicyclic) bond motifs is 2. The van der Waals surface area contributed by atoms with E-state index in [0.29, 0.717) is 31.0 Å². The van der Waals surface area contributed by atoms with Gasteiger partial charge in [0.15, 0.2) is 5.78 Å². The number of carbonyl (C=O) groups is 2. The number of ether oxygens (including phenoxy) is 1. The molecule has 1 unspecified atom stereocenters. The Balaban J connectivity index is 1.15. The smallest absolute Gasteiger partial charge is 0.274 e. The molecule has 5 heterocycles. The largest absolute Gasteiger partial charge is 0.491 e. The Kier molecular flexibility index (Phi) is 6.40. The maximum atomic E-state index is 13.3. The first-order valence-corrected chi connectivity index (χ1v) is 12.8. The average molecular weight is 496 g/mol. The number of aromatic nitrogens is 3. The third-order valence-corrected chi connectivity index (χ3v) is 7.20. The molecule has 2 aliphatic heterocycles. The summed E-state index contributed by atoms with van der Waals surface area (Å²) >= 11 is 0. The lowest BCUT2D eigenvalue weighted by molar-refractivity contribution is 0.0727. The maximum Gasteiger partial charge on any atom is 0.274 e. The number of piperidine rings is 1. The van der Waals surface area contributed by atoms with Gasteiger partial charge in [0.2, 0.25) is 0 Å². The van der Waals surface area contributed by atoms with Gasteiger partial charge in [-0.25, -0.2) is 4.98 Å². The number of hydrogen-bond donors (Lipinski definition) is 0. The molecule has 8 heteroatoms. The van der Waals surface area contributed by atoms with E-state index in [9.17, 15) is 9.59 Å². The molecule has 1 atom stereocenters. The van der Waals surface area contributed by atoms with E-state index in [4.69, 9.17) is 4.74 Å². The molecule has 0 saturated carbocycles. The highest BCUT2D eigenvalue weighted by Gasteiger charge is 2.27. The molecule has 1 amide bonds. The molecule has 0 aliphatic carbocycles. The van der Waals surface area contributed by atoms with E-state index in [1.54, 1.807) is 23.5 Å². The number of imidazole rings is 1. The fraction of sp³-hybridized carbons (Fsp3) is 0.310. The van der Waals surface area contributed by atoms with Crippen molar-refractivity contribution >= 4 is 17.3 Å². The fourth-order valence-corrected chi connectivity index (χ4v) is 5.33. The van der Waals surface area contributed by atoms with Crippen molar-refractivity contribution < 1.29 is 14.3 Å². The number of likely N-dealkylation sites (tertiary alicyclic amines) is 1. The van der Waals surface area contributed by atoms with Gasteiger partial charge in [-0.1, -0.05) is 12.1 Å². The summed E-state index contributed by atoms with van der Waals surface area (Å²) in [4.78, 5) is 39.0. The first kappa shape index (κ1) is 23.4. The van der Waals surface area contributed by atoms with Crippen LogP contribution in [0.15, 0.2) is 73.3 Å². The number of pyridine rings is 2. The van der Waals surface area contributed by atoms with Crippen LogP contribution in [0.1, 0.15) is 44.8 Å². The standard InChI is InChI=1S/C29H29N5O3/c35-28(22-5-3-10-30-16-22)23-6-4-11-32(18-23)17-21-8-9-26-24(15-21)19-34(13-14-37-26)29(36)25-20-33-12-2-1-7-27(33)31-25/h1-3,5,7-10,12,15-16,20,23H,4,6,11,13-14,17-19H2. The van der Waals surface area contributed by atoms with Gasteiger partial charge >= 0.3 is 0 Å². The Morgan fingerprint density at radius 2 is 2.03 bits per heavy atom. The topological polar surface area (TPSA) is 80.0 Å². The fourth-order valence-electron chi connectivity index (χ4n) is 5.33. The number of rotatable bonds is 5. The molecule has 0 radical (unpaired) electrons. The summed E-state index contributed by atoms with van der Waals surface area (Å²) in [6.45, 7) is 3.86. The van der Waals surface area contributed by atoms with Crippen molar-refractivity contribution in [1.82, 2.24) is 24.2 Å². The van der Waals surface area contributed by atoms with Crippen LogP contribution < -0.4 is 4.74 Å². The van der Waals surface area contributed by atoms with E-state index in [0.717, 1.165) is 55.0 Å². The molecule has 188 valence electrons. The van der Waals surface area contributed by atoms with Gasteiger partial charge in [-0.15, -0.1) is 0 Å². The molecular weight excluding hydrogens is 466 g/mol. The average Bonchev–Trinajstić information content (AvgIpc) is 3.26. The van der Waals surface area contributed by atoms with Gasteiger partial charge in [0, 0.05) is 61.5 Å². The van der Waals surface area contributed by atoms with Gasteiger partial charge in [0.05, 0.1) is 6.54 Å². The first-order valence-electron chi connectivity index (χ1n) is 12.8. The van der Waals surface area contributed by atoms with Crippen molar-refractivity contribution in [2.75, 3.05) is 26.2 Å².